The molecule has 3 aromatic rings. The van der Waals surface area contributed by atoms with Crippen molar-refractivity contribution in [2.45, 2.75) is 6.61 Å². The van der Waals surface area contributed by atoms with Gasteiger partial charge in [-0.25, -0.2) is 5.43 Å². The van der Waals surface area contributed by atoms with Crippen LogP contribution < -0.4 is 19.6 Å². The minimum Gasteiger partial charge on any atom is -0.493 e. The van der Waals surface area contributed by atoms with Crippen molar-refractivity contribution in [3.8, 4) is 17.2 Å². The highest BCUT2D eigenvalue weighted by atomic mass is 35.5. The molecule has 6 nitrogen and oxygen atoms in total. The molecular weight excluding hydrogens is 499 g/mol. The summed E-state index contributed by atoms with van der Waals surface area (Å²) in [4.78, 5) is 12.4. The van der Waals surface area contributed by atoms with Gasteiger partial charge in [0.1, 0.15) is 13.2 Å². The molecule has 9 heteroatoms. The molecule has 0 fully saturated rings. The van der Waals surface area contributed by atoms with Crippen molar-refractivity contribution < 1.29 is 19.0 Å². The van der Waals surface area contributed by atoms with Gasteiger partial charge in [0.15, 0.2) is 17.2 Å². The van der Waals surface area contributed by atoms with Crippen LogP contribution in [0.5, 0.6) is 17.2 Å². The number of hydrogen-bond acceptors (Lipinski definition) is 5. The largest absolute Gasteiger partial charge is 0.493 e. The Morgan fingerprint density at radius 2 is 1.74 bits per heavy atom. The molecule has 34 heavy (non-hydrogen) atoms. The van der Waals surface area contributed by atoms with E-state index in [2.05, 4.69) is 17.1 Å². The fraction of sp³-hybridized carbons (Fsp3) is 0.120. The third-order valence-corrected chi connectivity index (χ3v) is 5.44. The summed E-state index contributed by atoms with van der Waals surface area (Å²) in [6.07, 6.45) is 3.04. The third kappa shape index (κ3) is 6.67. The van der Waals surface area contributed by atoms with Crippen LogP contribution in [0, 0.1) is 0 Å². The van der Waals surface area contributed by atoms with Crippen molar-refractivity contribution in [3.63, 3.8) is 0 Å². The maximum atomic E-state index is 12.4. The minimum absolute atomic E-state index is 0.212. The smallest absolute Gasteiger partial charge is 0.271 e. The molecular formula is C25H21Cl3N2O4. The van der Waals surface area contributed by atoms with Gasteiger partial charge >= 0.3 is 0 Å². The van der Waals surface area contributed by atoms with Crippen LogP contribution in [0.15, 0.2) is 72.4 Å². The molecule has 1 amide bonds. The van der Waals surface area contributed by atoms with Gasteiger partial charge in [-0.3, -0.25) is 4.79 Å². The first-order valence-corrected chi connectivity index (χ1v) is 11.2. The fourth-order valence-corrected chi connectivity index (χ4v) is 3.67. The number of carbonyl (C=O) groups excluding carboxylic acids is 1. The van der Waals surface area contributed by atoms with Crippen molar-refractivity contribution in [1.82, 2.24) is 5.43 Å². The number of hydrazone groups is 1. The van der Waals surface area contributed by atoms with Crippen LogP contribution >= 0.6 is 34.8 Å². The predicted octanol–water partition coefficient (Wildman–Crippen LogP) is 6.56. The van der Waals surface area contributed by atoms with E-state index in [9.17, 15) is 4.79 Å². The molecule has 0 spiro atoms. The van der Waals surface area contributed by atoms with Crippen molar-refractivity contribution >= 4 is 46.9 Å². The maximum Gasteiger partial charge on any atom is 0.271 e. The molecule has 0 aliphatic rings. The molecule has 0 saturated heterocycles. The molecule has 1 N–H and O–H groups in total. The zero-order chi connectivity index (χ0) is 24.5. The summed E-state index contributed by atoms with van der Waals surface area (Å²) in [5.41, 5.74) is 4.18. The Balaban J connectivity index is 1.65. The van der Waals surface area contributed by atoms with E-state index in [1.54, 1.807) is 42.5 Å². The Morgan fingerprint density at radius 1 is 1.00 bits per heavy atom. The molecule has 0 aliphatic carbocycles. The Morgan fingerprint density at radius 3 is 2.41 bits per heavy atom. The van der Waals surface area contributed by atoms with E-state index in [0.29, 0.717) is 50.1 Å². The molecule has 176 valence electrons. The summed E-state index contributed by atoms with van der Waals surface area (Å²) in [6, 6.07) is 15.4. The third-order valence-electron chi connectivity index (χ3n) is 4.51. The van der Waals surface area contributed by atoms with Crippen molar-refractivity contribution in [3.05, 3.63) is 99.0 Å². The first-order valence-electron chi connectivity index (χ1n) is 10.0. The second-order valence-electron chi connectivity index (χ2n) is 6.86. The molecule has 0 aliphatic heterocycles. The number of halogens is 3. The number of hydrogen-bond donors (Lipinski definition) is 1. The molecule has 3 rings (SSSR count). The summed E-state index contributed by atoms with van der Waals surface area (Å²) >= 11 is 18.8. The molecule has 0 unspecified atom stereocenters. The van der Waals surface area contributed by atoms with Crippen LogP contribution in [0.1, 0.15) is 21.5 Å². The molecule has 0 radical (unpaired) electrons. The van der Waals surface area contributed by atoms with Crippen LogP contribution in [0.2, 0.25) is 15.1 Å². The van der Waals surface area contributed by atoms with Crippen molar-refractivity contribution in [2.24, 2.45) is 5.10 Å². The van der Waals surface area contributed by atoms with Crippen LogP contribution in [0.25, 0.3) is 0 Å². The van der Waals surface area contributed by atoms with Crippen molar-refractivity contribution in [2.75, 3.05) is 13.7 Å². The number of rotatable bonds is 10. The van der Waals surface area contributed by atoms with Gasteiger partial charge in [-0.1, -0.05) is 65.7 Å². The van der Waals surface area contributed by atoms with Crippen LogP contribution in [0.4, 0.5) is 0 Å². The normalized spacial score (nSPS) is 10.7. The van der Waals surface area contributed by atoms with Crippen LogP contribution in [-0.4, -0.2) is 25.8 Å². The van der Waals surface area contributed by atoms with E-state index in [0.717, 1.165) is 5.56 Å². The van der Waals surface area contributed by atoms with Gasteiger partial charge in [-0.2, -0.15) is 5.10 Å². The number of benzene rings is 3. The number of nitrogens with one attached hydrogen (secondary N) is 1. The standard InChI is InChI=1S/C25H21Cl3N2O4/c1-3-10-33-22-9-8-17(13-23(22)32-2)25(31)30-29-14-16-11-20(27)24(21(28)12-16)34-15-18-6-4-5-7-19(18)26/h3-9,11-14H,1,10,15H2,2H3,(H,30,31)/b29-14+. The second-order valence-corrected chi connectivity index (χ2v) is 8.08. The Kier molecular flexibility index (Phi) is 9.22. The SMILES string of the molecule is C=CCOc1ccc(C(=O)N/N=C/c2cc(Cl)c(OCc3ccccc3Cl)c(Cl)c2)cc1OC. The van der Waals surface area contributed by atoms with E-state index in [1.807, 2.05) is 18.2 Å². The number of carbonyl (C=O) groups is 1. The number of ether oxygens (including phenoxy) is 3. The summed E-state index contributed by atoms with van der Waals surface area (Å²) in [7, 11) is 1.49. The predicted molar refractivity (Wildman–Crippen MR) is 136 cm³/mol. The lowest BCUT2D eigenvalue weighted by Gasteiger charge is -2.12. The van der Waals surface area contributed by atoms with E-state index < -0.39 is 5.91 Å². The Bertz CT molecular complexity index is 1190. The van der Waals surface area contributed by atoms with Gasteiger partial charge in [-0.05, 0) is 42.0 Å². The van der Waals surface area contributed by atoms with Crippen LogP contribution in [0.3, 0.4) is 0 Å². The highest BCUT2D eigenvalue weighted by molar-refractivity contribution is 6.37. The van der Waals surface area contributed by atoms with E-state index in [-0.39, 0.29) is 6.61 Å². The number of methoxy groups -OCH3 is 1. The fourth-order valence-electron chi connectivity index (χ4n) is 2.86. The molecule has 0 atom stereocenters. The Hall–Kier alpha value is -3.19. The highest BCUT2D eigenvalue weighted by Crippen LogP contribution is 2.35. The van der Waals surface area contributed by atoms with Gasteiger partial charge in [0.2, 0.25) is 0 Å². The first-order chi connectivity index (χ1) is 16.4. The highest BCUT2D eigenvalue weighted by Gasteiger charge is 2.12. The van der Waals surface area contributed by atoms with Gasteiger partial charge < -0.3 is 14.2 Å². The van der Waals surface area contributed by atoms with E-state index in [1.165, 1.54) is 13.3 Å². The number of nitrogens with zero attached hydrogens (tertiary/aromatic N) is 1. The number of amides is 1. The van der Waals surface area contributed by atoms with Gasteiger partial charge in [0.05, 0.1) is 23.4 Å². The molecule has 0 bridgehead atoms. The minimum atomic E-state index is -0.429. The summed E-state index contributed by atoms with van der Waals surface area (Å²) in [5, 5.41) is 5.16. The van der Waals surface area contributed by atoms with Crippen LogP contribution in [-0.2, 0) is 6.61 Å². The first kappa shape index (κ1) is 25.4. The van der Waals surface area contributed by atoms with Crippen molar-refractivity contribution in [1.29, 1.82) is 0 Å². The quantitative estimate of drug-likeness (QED) is 0.187. The van der Waals surface area contributed by atoms with Gasteiger partial charge in [-0.15, -0.1) is 0 Å². The molecule has 0 aromatic heterocycles. The second kappa shape index (κ2) is 12.3. The lowest BCUT2D eigenvalue weighted by atomic mass is 10.2. The summed E-state index contributed by atoms with van der Waals surface area (Å²) in [6.45, 7) is 4.13. The zero-order valence-corrected chi connectivity index (χ0v) is 20.5. The molecule has 3 aromatic carbocycles. The van der Waals surface area contributed by atoms with Gasteiger partial charge in [0, 0.05) is 16.1 Å². The van der Waals surface area contributed by atoms with E-state index >= 15 is 0 Å². The summed E-state index contributed by atoms with van der Waals surface area (Å²) < 4.78 is 16.5. The summed E-state index contributed by atoms with van der Waals surface area (Å²) in [5.74, 6) is 0.824. The average Bonchev–Trinajstić information content (AvgIpc) is 2.83. The maximum absolute atomic E-state index is 12.4. The molecule has 0 heterocycles. The Labute approximate surface area is 212 Å². The average molecular weight is 520 g/mol. The monoisotopic (exact) mass is 518 g/mol. The topological polar surface area (TPSA) is 69.2 Å². The zero-order valence-electron chi connectivity index (χ0n) is 18.2. The van der Waals surface area contributed by atoms with E-state index in [4.69, 9.17) is 49.0 Å². The lowest BCUT2D eigenvalue weighted by Crippen LogP contribution is -2.17. The molecule has 0 saturated carbocycles. The van der Waals surface area contributed by atoms with Gasteiger partial charge in [0.25, 0.3) is 5.91 Å². The lowest BCUT2D eigenvalue weighted by molar-refractivity contribution is 0.0954.